The molecule has 7 rings (SSSR count). The summed E-state index contributed by atoms with van der Waals surface area (Å²) in [5.74, 6) is 15.5. The van der Waals surface area contributed by atoms with E-state index in [1.165, 1.54) is 116 Å². The van der Waals surface area contributed by atoms with Gasteiger partial charge < -0.3 is 19.4 Å². The molecule has 0 saturated heterocycles. The number of ether oxygens (including phenoxy) is 2. The normalized spacial score (nSPS) is 11.5. The van der Waals surface area contributed by atoms with Crippen LogP contribution in [0.5, 0.6) is 11.5 Å². The molecule has 0 spiro atoms. The molecular weight excluding hydrogens is 809 g/mol. The Kier molecular flexibility index (Phi) is 19.3. The number of rotatable bonds is 24. The van der Waals surface area contributed by atoms with Gasteiger partial charge in [-0.2, -0.15) is 0 Å². The topological polar surface area (TPSA) is 75.8 Å². The number of hydrogen-bond donors (Lipinski definition) is 2. The van der Waals surface area contributed by atoms with Crippen LogP contribution in [-0.2, 0) is 0 Å². The summed E-state index contributed by atoms with van der Waals surface area (Å²) in [4.78, 5) is 17.2. The lowest BCUT2D eigenvalue weighted by Crippen LogP contribution is -1.97. The second kappa shape index (κ2) is 26.7. The smallest absolute Gasteiger partial charge is 0.119 e. The minimum Gasteiger partial charge on any atom is -0.494 e. The largest absolute Gasteiger partial charge is 0.494 e. The van der Waals surface area contributed by atoms with Gasteiger partial charge >= 0.3 is 0 Å². The molecule has 2 aliphatic rings. The number of aromatic amines is 2. The van der Waals surface area contributed by atoms with E-state index in [1.807, 2.05) is 72.8 Å². The van der Waals surface area contributed by atoms with Crippen molar-refractivity contribution in [3.8, 4) is 35.2 Å². The van der Waals surface area contributed by atoms with Crippen LogP contribution in [0.25, 0.3) is 46.4 Å². The van der Waals surface area contributed by atoms with Crippen molar-refractivity contribution < 1.29 is 9.47 Å². The molecule has 2 aliphatic heterocycles. The molecule has 0 saturated carbocycles. The van der Waals surface area contributed by atoms with Crippen LogP contribution >= 0.6 is 0 Å². The van der Waals surface area contributed by atoms with Crippen LogP contribution in [0.2, 0.25) is 0 Å². The molecule has 0 amide bonds. The quantitative estimate of drug-likeness (QED) is 0.0468. The van der Waals surface area contributed by atoms with Crippen molar-refractivity contribution in [2.24, 2.45) is 0 Å². The van der Waals surface area contributed by atoms with Gasteiger partial charge in [-0.25, -0.2) is 9.97 Å². The highest BCUT2D eigenvalue weighted by molar-refractivity contribution is 5.83. The number of nitrogens with zero attached hydrogens (tertiary/aromatic N) is 2. The van der Waals surface area contributed by atoms with E-state index in [0.717, 1.165) is 105 Å². The lowest BCUT2D eigenvalue weighted by Gasteiger charge is -2.06. The zero-order chi connectivity index (χ0) is 45.4. The second-order valence-corrected chi connectivity index (χ2v) is 17.8. The first-order valence-corrected chi connectivity index (χ1v) is 25.2. The monoisotopic (exact) mass is 879 g/mol. The maximum Gasteiger partial charge on any atom is 0.119 e. The molecule has 2 N–H and O–H groups in total. The van der Waals surface area contributed by atoms with E-state index in [0.29, 0.717) is 0 Å². The van der Waals surface area contributed by atoms with Gasteiger partial charge in [-0.1, -0.05) is 153 Å². The zero-order valence-corrected chi connectivity index (χ0v) is 39.7. The van der Waals surface area contributed by atoms with Gasteiger partial charge in [0.05, 0.1) is 58.1 Å². The first kappa shape index (κ1) is 47.7. The van der Waals surface area contributed by atoms with Crippen LogP contribution in [0.1, 0.15) is 187 Å². The van der Waals surface area contributed by atoms with Crippen LogP contribution in [-0.4, -0.2) is 33.1 Å². The summed E-state index contributed by atoms with van der Waals surface area (Å²) in [7, 11) is 0. The molecule has 2 aromatic carbocycles. The number of unbranched alkanes of at least 4 members (excludes halogenated alkanes) is 18. The fourth-order valence-corrected chi connectivity index (χ4v) is 8.43. The van der Waals surface area contributed by atoms with E-state index in [-0.39, 0.29) is 0 Å². The summed E-state index contributed by atoms with van der Waals surface area (Å²) in [6, 6.07) is 28.6. The highest BCUT2D eigenvalue weighted by Gasteiger charge is 2.11. The van der Waals surface area contributed by atoms with Gasteiger partial charge in [0.2, 0.25) is 0 Å². The second-order valence-electron chi connectivity index (χ2n) is 17.8. The van der Waals surface area contributed by atoms with Gasteiger partial charge in [-0.3, -0.25) is 0 Å². The summed E-state index contributed by atoms with van der Waals surface area (Å²) in [5.41, 5.74) is 10.4. The third-order valence-corrected chi connectivity index (χ3v) is 12.3. The number of nitrogens with one attached hydrogen (secondary N) is 2. The van der Waals surface area contributed by atoms with Crippen molar-refractivity contribution >= 4 is 46.4 Å². The molecule has 66 heavy (non-hydrogen) atoms. The fourth-order valence-electron chi connectivity index (χ4n) is 8.43. The van der Waals surface area contributed by atoms with Crippen LogP contribution in [0.15, 0.2) is 84.9 Å². The molecule has 0 fully saturated rings. The highest BCUT2D eigenvalue weighted by Crippen LogP contribution is 2.24. The molecular formula is C60H70N4O2. The number of H-pyrrole nitrogens is 2. The molecule has 3 aromatic heterocycles. The predicted molar refractivity (Wildman–Crippen MR) is 278 cm³/mol. The average Bonchev–Trinajstić information content (AvgIpc) is 4.19. The molecule has 342 valence electrons. The van der Waals surface area contributed by atoms with Gasteiger partial charge in [0.1, 0.15) is 11.5 Å². The Morgan fingerprint density at radius 1 is 0.394 bits per heavy atom. The van der Waals surface area contributed by atoms with Crippen molar-refractivity contribution in [1.29, 1.82) is 0 Å². The summed E-state index contributed by atoms with van der Waals surface area (Å²) in [6.07, 6.45) is 34.4. The van der Waals surface area contributed by atoms with Gasteiger partial charge in [0.15, 0.2) is 0 Å². The van der Waals surface area contributed by atoms with Crippen LogP contribution < -0.4 is 9.47 Å². The Morgan fingerprint density at radius 2 is 0.773 bits per heavy atom. The Morgan fingerprint density at radius 3 is 1.18 bits per heavy atom. The summed E-state index contributed by atoms with van der Waals surface area (Å²) < 4.78 is 12.1. The standard InChI is InChI=1S/C60H70N4O2/c1-3-5-7-9-11-13-15-17-19-21-43-65-53-33-23-47(24-34-53)27-37-55-57-39-29-49(61-57)45-51-31-41-59(63-51)56(60-42-32-52(64-60)46-50-30-40-58(55)62-50)38-28-48-25-35-54(36-26-48)66-44-22-20-18-16-14-12-10-8-6-4-2/h23-26,29-36,39-42,45-46,61-62H,3-22,43-44H2,1-2H3. The predicted octanol–water partition coefficient (Wildman–Crippen LogP) is 16.1. The molecule has 6 heteroatoms. The van der Waals surface area contributed by atoms with Crippen LogP contribution in [0.3, 0.4) is 0 Å². The molecule has 0 atom stereocenters. The van der Waals surface area contributed by atoms with Crippen molar-refractivity contribution in [3.05, 3.63) is 130 Å². The molecule has 6 nitrogen and oxygen atoms in total. The van der Waals surface area contributed by atoms with E-state index in [9.17, 15) is 0 Å². The summed E-state index contributed by atoms with van der Waals surface area (Å²) >= 11 is 0. The van der Waals surface area contributed by atoms with Crippen molar-refractivity contribution in [3.63, 3.8) is 0 Å². The Labute approximate surface area is 394 Å². The Balaban J connectivity index is 1.01. The summed E-state index contributed by atoms with van der Waals surface area (Å²) in [6.45, 7) is 6.05. The SMILES string of the molecule is CCCCCCCCCCCCOc1ccc(C#Cc2c3nc(cc4ccc([nH]4)c(C#Cc4ccc(OCCCCCCCCCCCC)cc4)c4ccc(cc5nc2C=C5)[nH]4)C=C3)cc1. The number of fused-ring (bicyclic) bond motifs is 8. The van der Waals surface area contributed by atoms with E-state index >= 15 is 0 Å². The van der Waals surface area contributed by atoms with E-state index in [2.05, 4.69) is 83.9 Å². The minimum absolute atomic E-state index is 0.746. The van der Waals surface area contributed by atoms with Crippen molar-refractivity contribution in [2.45, 2.75) is 142 Å². The van der Waals surface area contributed by atoms with E-state index in [4.69, 9.17) is 19.4 Å². The Hall–Kier alpha value is -6.24. The number of hydrogen-bond acceptors (Lipinski definition) is 4. The number of aromatic nitrogens is 4. The first-order valence-electron chi connectivity index (χ1n) is 25.2. The maximum absolute atomic E-state index is 6.08. The average molecular weight is 879 g/mol. The van der Waals surface area contributed by atoms with Crippen LogP contribution in [0, 0.1) is 23.7 Å². The zero-order valence-electron chi connectivity index (χ0n) is 39.7. The minimum atomic E-state index is 0.746. The molecule has 0 radical (unpaired) electrons. The third kappa shape index (κ3) is 15.4. The molecule has 0 aliphatic carbocycles. The van der Waals surface area contributed by atoms with E-state index in [1.54, 1.807) is 0 Å². The van der Waals surface area contributed by atoms with Crippen LogP contribution in [0.4, 0.5) is 0 Å². The maximum atomic E-state index is 6.08. The molecule has 8 bridgehead atoms. The molecule has 5 aromatic rings. The third-order valence-electron chi connectivity index (χ3n) is 12.3. The van der Waals surface area contributed by atoms with Gasteiger partial charge in [-0.15, -0.1) is 0 Å². The first-order chi connectivity index (χ1) is 32.6. The van der Waals surface area contributed by atoms with Crippen molar-refractivity contribution in [1.82, 2.24) is 19.9 Å². The molecule has 0 unspecified atom stereocenters. The van der Waals surface area contributed by atoms with Gasteiger partial charge in [-0.05, 0) is 122 Å². The number of benzene rings is 2. The molecule has 5 heterocycles. The van der Waals surface area contributed by atoms with Crippen molar-refractivity contribution in [2.75, 3.05) is 13.2 Å². The summed E-state index contributed by atoms with van der Waals surface area (Å²) in [5, 5.41) is 0. The van der Waals surface area contributed by atoms with Gasteiger partial charge in [0.25, 0.3) is 0 Å². The fraction of sp³-hybridized carbons (Fsp3) is 0.400. The Bertz CT molecular complexity index is 2550. The van der Waals surface area contributed by atoms with Gasteiger partial charge in [0, 0.05) is 22.2 Å². The highest BCUT2D eigenvalue weighted by atomic mass is 16.5. The lowest BCUT2D eigenvalue weighted by atomic mass is 10.1. The van der Waals surface area contributed by atoms with E-state index < -0.39 is 0 Å². The lowest BCUT2D eigenvalue weighted by molar-refractivity contribution is 0.304.